The van der Waals surface area contributed by atoms with Crippen molar-refractivity contribution >= 4 is 40.7 Å². The van der Waals surface area contributed by atoms with Crippen LogP contribution in [0, 0.1) is 4.77 Å². The van der Waals surface area contributed by atoms with E-state index in [2.05, 4.69) is 25.7 Å². The number of aromatic nitrogens is 4. The van der Waals surface area contributed by atoms with Crippen LogP contribution in [0.25, 0.3) is 16.7 Å². The molecule has 0 unspecified atom stereocenters. The predicted octanol–water partition coefficient (Wildman–Crippen LogP) is 2.76. The van der Waals surface area contributed by atoms with Crippen molar-refractivity contribution in [3.63, 3.8) is 0 Å². The molecule has 1 amide bonds. The van der Waals surface area contributed by atoms with E-state index in [-0.39, 0.29) is 18.0 Å². The first kappa shape index (κ1) is 16.9. The Hall–Kier alpha value is -3.59. The summed E-state index contributed by atoms with van der Waals surface area (Å²) in [6, 6.07) is 16.1. The number of para-hydroxylation sites is 1. The fraction of sp³-hybridized carbons (Fsp3) is 0.0556. The van der Waals surface area contributed by atoms with Gasteiger partial charge in [-0.05, 0) is 42.5 Å². The molecule has 0 spiro atoms. The van der Waals surface area contributed by atoms with Gasteiger partial charge in [0.05, 0.1) is 23.3 Å². The van der Waals surface area contributed by atoms with Gasteiger partial charge in [-0.1, -0.05) is 18.2 Å². The molecule has 4 aromatic rings. The number of aromatic amines is 3. The largest absolute Gasteiger partial charge is 0.376 e. The summed E-state index contributed by atoms with van der Waals surface area (Å²) in [7, 11) is 0. The molecule has 2 aromatic heterocycles. The van der Waals surface area contributed by atoms with E-state index in [1.165, 1.54) is 10.7 Å². The molecule has 0 aliphatic carbocycles. The SMILES string of the molecule is O=C(CNc1ccc2[nH]c(=S)[nH]c2c1)Nc1cc(=O)n(-c2ccccc2)[nH]1. The van der Waals surface area contributed by atoms with Crippen LogP contribution in [0.1, 0.15) is 0 Å². The van der Waals surface area contributed by atoms with Crippen molar-refractivity contribution in [3.8, 4) is 5.69 Å². The molecule has 0 aliphatic rings. The summed E-state index contributed by atoms with van der Waals surface area (Å²) in [6.07, 6.45) is 0. The molecule has 2 heterocycles. The summed E-state index contributed by atoms with van der Waals surface area (Å²) < 4.78 is 1.91. The third-order valence-corrected chi connectivity index (χ3v) is 4.18. The fourth-order valence-corrected chi connectivity index (χ4v) is 2.97. The van der Waals surface area contributed by atoms with Crippen LogP contribution in [-0.4, -0.2) is 32.2 Å². The third kappa shape index (κ3) is 3.67. The summed E-state index contributed by atoms with van der Waals surface area (Å²) in [6.45, 7) is 0.0508. The zero-order valence-electron chi connectivity index (χ0n) is 14.1. The van der Waals surface area contributed by atoms with Gasteiger partial charge < -0.3 is 20.6 Å². The van der Waals surface area contributed by atoms with E-state index >= 15 is 0 Å². The van der Waals surface area contributed by atoms with E-state index in [0.717, 1.165) is 16.7 Å². The Morgan fingerprint density at radius 2 is 1.81 bits per heavy atom. The monoisotopic (exact) mass is 380 g/mol. The van der Waals surface area contributed by atoms with E-state index in [0.29, 0.717) is 16.3 Å². The molecule has 27 heavy (non-hydrogen) atoms. The first-order valence-electron chi connectivity index (χ1n) is 8.22. The quantitative estimate of drug-likeness (QED) is 0.343. The highest BCUT2D eigenvalue weighted by molar-refractivity contribution is 7.71. The Balaban J connectivity index is 1.42. The second kappa shape index (κ2) is 6.96. The second-order valence-electron chi connectivity index (χ2n) is 5.92. The number of fused-ring (bicyclic) bond motifs is 1. The minimum Gasteiger partial charge on any atom is -0.376 e. The molecule has 0 saturated carbocycles. The van der Waals surface area contributed by atoms with Crippen molar-refractivity contribution in [1.29, 1.82) is 0 Å². The van der Waals surface area contributed by atoms with Gasteiger partial charge in [0, 0.05) is 11.8 Å². The fourth-order valence-electron chi connectivity index (χ4n) is 2.75. The Labute approximate surface area is 158 Å². The van der Waals surface area contributed by atoms with Gasteiger partial charge in [-0.25, -0.2) is 4.68 Å². The third-order valence-electron chi connectivity index (χ3n) is 3.98. The molecule has 0 aliphatic heterocycles. The van der Waals surface area contributed by atoms with Gasteiger partial charge in [-0.3, -0.25) is 14.7 Å². The van der Waals surface area contributed by atoms with Crippen molar-refractivity contribution in [2.75, 3.05) is 17.2 Å². The van der Waals surface area contributed by atoms with Crippen LogP contribution in [0.4, 0.5) is 11.5 Å². The van der Waals surface area contributed by atoms with E-state index in [1.807, 2.05) is 36.4 Å². The average molecular weight is 380 g/mol. The Morgan fingerprint density at radius 1 is 1.04 bits per heavy atom. The maximum atomic E-state index is 12.2. The van der Waals surface area contributed by atoms with Crippen molar-refractivity contribution in [3.05, 3.63) is 69.7 Å². The number of imidazole rings is 1. The summed E-state index contributed by atoms with van der Waals surface area (Å²) in [5, 5.41) is 8.59. The predicted molar refractivity (Wildman–Crippen MR) is 107 cm³/mol. The van der Waals surface area contributed by atoms with Crippen LogP contribution in [0.15, 0.2) is 59.4 Å². The van der Waals surface area contributed by atoms with Gasteiger partial charge in [0.1, 0.15) is 5.82 Å². The van der Waals surface area contributed by atoms with Gasteiger partial charge in [0.25, 0.3) is 5.56 Å². The number of H-pyrrole nitrogens is 3. The lowest BCUT2D eigenvalue weighted by atomic mass is 10.3. The molecule has 0 bridgehead atoms. The number of rotatable bonds is 5. The van der Waals surface area contributed by atoms with Crippen LogP contribution in [0.3, 0.4) is 0 Å². The smallest absolute Gasteiger partial charge is 0.273 e. The average Bonchev–Trinajstić information content (AvgIpc) is 3.21. The maximum absolute atomic E-state index is 12.2. The van der Waals surface area contributed by atoms with E-state index < -0.39 is 0 Å². The molecular weight excluding hydrogens is 364 g/mol. The molecule has 4 rings (SSSR count). The number of nitrogens with one attached hydrogen (secondary N) is 5. The Bertz CT molecular complexity index is 1220. The number of hydrogen-bond donors (Lipinski definition) is 5. The Morgan fingerprint density at radius 3 is 2.63 bits per heavy atom. The lowest BCUT2D eigenvalue weighted by Gasteiger charge is -2.07. The van der Waals surface area contributed by atoms with Crippen LogP contribution >= 0.6 is 12.2 Å². The minimum absolute atomic E-state index is 0.0508. The molecule has 0 fully saturated rings. The van der Waals surface area contributed by atoms with Gasteiger partial charge in [-0.2, -0.15) is 0 Å². The maximum Gasteiger partial charge on any atom is 0.273 e. The zero-order valence-corrected chi connectivity index (χ0v) is 14.9. The van der Waals surface area contributed by atoms with Crippen molar-refractivity contribution in [2.24, 2.45) is 0 Å². The van der Waals surface area contributed by atoms with E-state index in [1.54, 1.807) is 12.1 Å². The molecule has 5 N–H and O–H groups in total. The summed E-state index contributed by atoms with van der Waals surface area (Å²) in [4.78, 5) is 30.3. The summed E-state index contributed by atoms with van der Waals surface area (Å²) in [5.41, 5.74) is 2.97. The number of nitrogens with zero attached hydrogens (tertiary/aromatic N) is 1. The highest BCUT2D eigenvalue weighted by atomic mass is 32.1. The summed E-state index contributed by atoms with van der Waals surface area (Å²) >= 11 is 5.06. The first-order chi connectivity index (χ1) is 13.1. The highest BCUT2D eigenvalue weighted by Crippen LogP contribution is 2.16. The Kier molecular flexibility index (Phi) is 4.35. The normalized spacial score (nSPS) is 10.8. The lowest BCUT2D eigenvalue weighted by molar-refractivity contribution is -0.114. The van der Waals surface area contributed by atoms with E-state index in [9.17, 15) is 9.59 Å². The van der Waals surface area contributed by atoms with Gasteiger partial charge in [-0.15, -0.1) is 0 Å². The molecule has 136 valence electrons. The number of hydrogen-bond acceptors (Lipinski definition) is 4. The number of carbonyl (C=O) groups excluding carboxylic acids is 1. The number of benzene rings is 2. The number of carbonyl (C=O) groups is 1. The minimum atomic E-state index is -0.279. The first-order valence-corrected chi connectivity index (χ1v) is 8.62. The van der Waals surface area contributed by atoms with Crippen LogP contribution in [0.2, 0.25) is 0 Å². The van der Waals surface area contributed by atoms with Crippen LogP contribution in [-0.2, 0) is 4.79 Å². The van der Waals surface area contributed by atoms with Gasteiger partial charge in [0.2, 0.25) is 5.91 Å². The number of anilines is 2. The molecule has 0 radical (unpaired) electrons. The topological polar surface area (TPSA) is 110 Å². The standard InChI is InChI=1S/C18H16N6O2S/c25-16(10-19-11-6-7-13-14(8-11)21-18(27)20-13)22-15-9-17(26)24(23-15)12-4-2-1-3-5-12/h1-9,19,23H,10H2,(H,22,25)(H2,20,21,27). The van der Waals surface area contributed by atoms with E-state index in [4.69, 9.17) is 12.2 Å². The molecule has 2 aromatic carbocycles. The summed E-state index contributed by atoms with van der Waals surface area (Å²) in [5.74, 6) is 0.0550. The van der Waals surface area contributed by atoms with Gasteiger partial charge >= 0.3 is 0 Å². The van der Waals surface area contributed by atoms with Crippen molar-refractivity contribution in [2.45, 2.75) is 0 Å². The molecular formula is C18H16N6O2S. The van der Waals surface area contributed by atoms with Crippen molar-refractivity contribution in [1.82, 2.24) is 19.7 Å². The van der Waals surface area contributed by atoms with Crippen molar-refractivity contribution < 1.29 is 4.79 Å². The molecule has 0 atom stereocenters. The highest BCUT2D eigenvalue weighted by Gasteiger charge is 2.08. The van der Waals surface area contributed by atoms with Gasteiger partial charge in [0.15, 0.2) is 4.77 Å². The molecule has 0 saturated heterocycles. The number of amides is 1. The molecule has 8 nitrogen and oxygen atoms in total. The zero-order chi connectivity index (χ0) is 18.8. The van der Waals surface area contributed by atoms with Crippen LogP contribution < -0.4 is 16.2 Å². The lowest BCUT2D eigenvalue weighted by Crippen LogP contribution is -2.22. The molecule has 9 heteroatoms. The van der Waals surface area contributed by atoms with Crippen LogP contribution in [0.5, 0.6) is 0 Å². The second-order valence-corrected chi connectivity index (χ2v) is 6.33.